The van der Waals surface area contributed by atoms with Gasteiger partial charge in [-0.3, -0.25) is 9.59 Å². The minimum Gasteiger partial charge on any atom is -0.392 e. The molecule has 0 radical (unpaired) electrons. The van der Waals surface area contributed by atoms with Crippen molar-refractivity contribution in [2.24, 2.45) is 0 Å². The van der Waals surface area contributed by atoms with E-state index in [0.717, 1.165) is 0 Å². The van der Waals surface area contributed by atoms with E-state index >= 15 is 0 Å². The minimum absolute atomic E-state index is 0.0959. The largest absolute Gasteiger partial charge is 0.392 e. The molecule has 0 aliphatic carbocycles. The zero-order valence-electron chi connectivity index (χ0n) is 10.2. The van der Waals surface area contributed by atoms with E-state index in [0.29, 0.717) is 26.1 Å². The van der Waals surface area contributed by atoms with Gasteiger partial charge in [0.1, 0.15) is 5.54 Å². The van der Waals surface area contributed by atoms with E-state index < -0.39 is 11.6 Å². The Hall–Kier alpha value is -1.14. The molecule has 2 heterocycles. The second-order valence-electron chi connectivity index (χ2n) is 5.16. The third kappa shape index (κ3) is 2.14. The number of nitrogens with zero attached hydrogens (tertiary/aromatic N) is 1. The maximum atomic E-state index is 12.3. The van der Waals surface area contributed by atoms with Crippen LogP contribution in [0, 0.1) is 0 Å². The van der Waals surface area contributed by atoms with Crippen LogP contribution < -0.4 is 10.6 Å². The lowest BCUT2D eigenvalue weighted by Gasteiger charge is -2.42. The Labute approximate surface area is 100 Å². The number of amides is 2. The molecule has 0 aromatic rings. The molecule has 2 unspecified atom stereocenters. The zero-order valence-corrected chi connectivity index (χ0v) is 10.2. The molecule has 0 aromatic carbocycles. The highest BCUT2D eigenvalue weighted by atomic mass is 16.3. The maximum Gasteiger partial charge on any atom is 0.245 e. The van der Waals surface area contributed by atoms with Gasteiger partial charge in [0, 0.05) is 19.6 Å². The molecule has 96 valence electrons. The number of hydrogen-bond acceptors (Lipinski definition) is 4. The van der Waals surface area contributed by atoms with E-state index in [2.05, 4.69) is 10.6 Å². The highest BCUT2D eigenvalue weighted by Crippen LogP contribution is 2.21. The van der Waals surface area contributed by atoms with E-state index in [1.54, 1.807) is 18.7 Å². The van der Waals surface area contributed by atoms with Crippen LogP contribution in [0.4, 0.5) is 0 Å². The molecular formula is C11H19N3O3. The molecule has 2 amide bonds. The minimum atomic E-state index is -0.815. The zero-order chi connectivity index (χ0) is 12.6. The van der Waals surface area contributed by atoms with Crippen molar-refractivity contribution in [3.8, 4) is 0 Å². The van der Waals surface area contributed by atoms with Crippen LogP contribution in [0.25, 0.3) is 0 Å². The van der Waals surface area contributed by atoms with Crippen LogP contribution in [0.1, 0.15) is 20.3 Å². The smallest absolute Gasteiger partial charge is 0.245 e. The van der Waals surface area contributed by atoms with Crippen LogP contribution in [0.15, 0.2) is 0 Å². The van der Waals surface area contributed by atoms with Crippen molar-refractivity contribution >= 4 is 11.8 Å². The highest BCUT2D eigenvalue weighted by molar-refractivity contribution is 5.93. The molecule has 6 nitrogen and oxygen atoms in total. The molecule has 2 fully saturated rings. The topological polar surface area (TPSA) is 81.7 Å². The third-order valence-corrected chi connectivity index (χ3v) is 3.52. The van der Waals surface area contributed by atoms with Crippen LogP contribution >= 0.6 is 0 Å². The second kappa shape index (κ2) is 4.27. The van der Waals surface area contributed by atoms with Gasteiger partial charge in [-0.25, -0.2) is 0 Å². The van der Waals surface area contributed by atoms with Gasteiger partial charge in [-0.1, -0.05) is 0 Å². The predicted molar refractivity (Wildman–Crippen MR) is 61.2 cm³/mol. The summed E-state index contributed by atoms with van der Waals surface area (Å²) in [7, 11) is 0. The van der Waals surface area contributed by atoms with Gasteiger partial charge in [0.05, 0.1) is 12.1 Å². The average Bonchev–Trinajstić information content (AvgIpc) is 2.68. The molecule has 0 aromatic heterocycles. The average molecular weight is 241 g/mol. The number of rotatable bonds is 1. The SMILES string of the molecule is CC1(C)C(=O)NCCN1C(=O)C1CC(O)CN1. The first-order chi connectivity index (χ1) is 7.93. The maximum absolute atomic E-state index is 12.3. The van der Waals surface area contributed by atoms with Crippen molar-refractivity contribution < 1.29 is 14.7 Å². The van der Waals surface area contributed by atoms with Gasteiger partial charge in [-0.05, 0) is 20.3 Å². The lowest BCUT2D eigenvalue weighted by molar-refractivity contribution is -0.150. The van der Waals surface area contributed by atoms with Crippen molar-refractivity contribution in [1.29, 1.82) is 0 Å². The first kappa shape index (κ1) is 12.3. The Morgan fingerprint density at radius 2 is 2.24 bits per heavy atom. The summed E-state index contributed by atoms with van der Waals surface area (Å²) in [6.45, 7) is 4.93. The summed E-state index contributed by atoms with van der Waals surface area (Å²) in [5.74, 6) is -0.225. The molecule has 17 heavy (non-hydrogen) atoms. The van der Waals surface area contributed by atoms with Crippen LogP contribution in [-0.4, -0.2) is 59.1 Å². The third-order valence-electron chi connectivity index (χ3n) is 3.52. The van der Waals surface area contributed by atoms with E-state index in [4.69, 9.17) is 0 Å². The van der Waals surface area contributed by atoms with Gasteiger partial charge in [0.25, 0.3) is 0 Å². The van der Waals surface area contributed by atoms with Gasteiger partial charge >= 0.3 is 0 Å². The number of aliphatic hydroxyl groups is 1. The highest BCUT2D eigenvalue weighted by Gasteiger charge is 2.43. The van der Waals surface area contributed by atoms with Crippen LogP contribution in [0.3, 0.4) is 0 Å². The summed E-state index contributed by atoms with van der Waals surface area (Å²) in [4.78, 5) is 25.6. The van der Waals surface area contributed by atoms with Crippen LogP contribution in [0.2, 0.25) is 0 Å². The van der Waals surface area contributed by atoms with Crippen molar-refractivity contribution in [3.63, 3.8) is 0 Å². The lowest BCUT2D eigenvalue weighted by atomic mass is 9.97. The first-order valence-electron chi connectivity index (χ1n) is 5.94. The molecule has 2 rings (SSSR count). The molecule has 3 N–H and O–H groups in total. The number of aliphatic hydroxyl groups excluding tert-OH is 1. The molecule has 0 spiro atoms. The number of β-amino-alcohol motifs (C(OH)–C–C–N with tert-alkyl or cyclic N) is 1. The van der Waals surface area contributed by atoms with Crippen LogP contribution in [0.5, 0.6) is 0 Å². The van der Waals surface area contributed by atoms with Crippen molar-refractivity contribution in [1.82, 2.24) is 15.5 Å². The Kier molecular flexibility index (Phi) is 3.09. The number of nitrogens with one attached hydrogen (secondary N) is 2. The normalized spacial score (nSPS) is 32.4. The van der Waals surface area contributed by atoms with Gasteiger partial charge in [0.2, 0.25) is 11.8 Å². The quantitative estimate of drug-likeness (QED) is 0.519. The fourth-order valence-corrected chi connectivity index (χ4v) is 2.38. The predicted octanol–water partition coefficient (Wildman–Crippen LogP) is -1.55. The van der Waals surface area contributed by atoms with Gasteiger partial charge in [-0.15, -0.1) is 0 Å². The summed E-state index contributed by atoms with van der Waals surface area (Å²) >= 11 is 0. The fraction of sp³-hybridized carbons (Fsp3) is 0.818. The van der Waals surface area contributed by atoms with E-state index in [1.165, 1.54) is 0 Å². The molecule has 2 aliphatic rings. The summed E-state index contributed by atoms with van der Waals surface area (Å²) in [6.07, 6.45) is -0.0433. The molecule has 2 atom stereocenters. The van der Waals surface area contributed by atoms with E-state index in [-0.39, 0.29) is 17.9 Å². The summed E-state index contributed by atoms with van der Waals surface area (Å²) in [5.41, 5.74) is -0.815. The molecule has 2 saturated heterocycles. The monoisotopic (exact) mass is 241 g/mol. The Balaban J connectivity index is 2.10. The van der Waals surface area contributed by atoms with Gasteiger partial charge < -0.3 is 20.6 Å². The Bertz CT molecular complexity index is 343. The standard InChI is InChI=1S/C11H19N3O3/c1-11(2)10(17)12-3-4-14(11)9(16)8-5-7(15)6-13-8/h7-8,13,15H,3-6H2,1-2H3,(H,12,17). The molecule has 0 bridgehead atoms. The van der Waals surface area contributed by atoms with Gasteiger partial charge in [0.15, 0.2) is 0 Å². The molecule has 0 saturated carbocycles. The van der Waals surface area contributed by atoms with Crippen molar-refractivity contribution in [2.75, 3.05) is 19.6 Å². The summed E-state index contributed by atoms with van der Waals surface area (Å²) in [5, 5.41) is 15.2. The van der Waals surface area contributed by atoms with Crippen molar-refractivity contribution in [3.05, 3.63) is 0 Å². The Morgan fingerprint density at radius 1 is 1.53 bits per heavy atom. The molecule has 6 heteroatoms. The summed E-state index contributed by atoms with van der Waals surface area (Å²) < 4.78 is 0. The van der Waals surface area contributed by atoms with Gasteiger partial charge in [-0.2, -0.15) is 0 Å². The number of carbonyl (C=O) groups excluding carboxylic acids is 2. The van der Waals surface area contributed by atoms with Crippen molar-refractivity contribution in [2.45, 2.75) is 38.0 Å². The van der Waals surface area contributed by atoms with Crippen LogP contribution in [-0.2, 0) is 9.59 Å². The number of hydrogen-bond donors (Lipinski definition) is 3. The number of carbonyl (C=O) groups is 2. The Morgan fingerprint density at radius 3 is 2.82 bits per heavy atom. The second-order valence-corrected chi connectivity index (χ2v) is 5.16. The lowest BCUT2D eigenvalue weighted by Crippen LogP contribution is -2.65. The fourth-order valence-electron chi connectivity index (χ4n) is 2.38. The van der Waals surface area contributed by atoms with E-state index in [9.17, 15) is 14.7 Å². The molecule has 2 aliphatic heterocycles. The first-order valence-corrected chi connectivity index (χ1v) is 5.94. The summed E-state index contributed by atoms with van der Waals surface area (Å²) in [6, 6.07) is -0.366. The van der Waals surface area contributed by atoms with E-state index in [1.807, 2.05) is 0 Å². The molecular weight excluding hydrogens is 222 g/mol. The number of piperazine rings is 1.